The van der Waals surface area contributed by atoms with E-state index in [0.717, 1.165) is 12.6 Å². The van der Waals surface area contributed by atoms with Crippen LogP contribution in [-0.4, -0.2) is 12.6 Å². The van der Waals surface area contributed by atoms with Gasteiger partial charge in [0.15, 0.2) is 0 Å². The van der Waals surface area contributed by atoms with E-state index in [-0.39, 0.29) is 6.04 Å². The molecule has 0 aliphatic heterocycles. The van der Waals surface area contributed by atoms with E-state index < -0.39 is 0 Å². The first kappa shape index (κ1) is 12.4. The number of hydrogen-bond acceptors (Lipinski definition) is 2. The van der Waals surface area contributed by atoms with Gasteiger partial charge in [0.2, 0.25) is 0 Å². The Balaban J connectivity index is 2.28. The molecule has 0 heterocycles. The largest absolute Gasteiger partial charge is 0.368 e. The molecule has 0 unspecified atom stereocenters. The van der Waals surface area contributed by atoms with E-state index in [1.165, 1.54) is 24.1 Å². The average molecular weight is 232 g/mol. The van der Waals surface area contributed by atoms with Crippen LogP contribution in [0.1, 0.15) is 45.2 Å². The van der Waals surface area contributed by atoms with Gasteiger partial charge in [-0.1, -0.05) is 32.0 Å². The summed E-state index contributed by atoms with van der Waals surface area (Å²) in [6.45, 7) is 7.77. The number of rotatable bonds is 5. The van der Waals surface area contributed by atoms with Gasteiger partial charge in [-0.05, 0) is 37.3 Å². The van der Waals surface area contributed by atoms with Crippen LogP contribution in [0.5, 0.6) is 0 Å². The van der Waals surface area contributed by atoms with Crippen LogP contribution in [0.3, 0.4) is 0 Å². The Morgan fingerprint density at radius 3 is 2.41 bits per heavy atom. The third-order valence-corrected chi connectivity index (χ3v) is 3.29. The molecule has 0 amide bonds. The van der Waals surface area contributed by atoms with Crippen molar-refractivity contribution in [2.75, 3.05) is 11.4 Å². The molecule has 0 spiro atoms. The van der Waals surface area contributed by atoms with Crippen molar-refractivity contribution in [3.63, 3.8) is 0 Å². The van der Waals surface area contributed by atoms with Crippen molar-refractivity contribution in [1.29, 1.82) is 0 Å². The topological polar surface area (TPSA) is 29.3 Å². The molecule has 94 valence electrons. The summed E-state index contributed by atoms with van der Waals surface area (Å²) in [4.78, 5) is 2.56. The van der Waals surface area contributed by atoms with Gasteiger partial charge in [0, 0.05) is 24.3 Å². The molecule has 1 aromatic carbocycles. The predicted molar refractivity (Wildman–Crippen MR) is 74.3 cm³/mol. The summed E-state index contributed by atoms with van der Waals surface area (Å²) >= 11 is 0. The molecule has 0 aromatic heterocycles. The standard InChI is InChI=1S/C15H24N2/c1-11(2)10-17(13-8-9-13)15-7-5-4-6-14(15)12(3)16/h4-7,11-13H,8-10,16H2,1-3H3/t12-/m0/s1. The highest BCUT2D eigenvalue weighted by Gasteiger charge is 2.30. The molecule has 1 fully saturated rings. The van der Waals surface area contributed by atoms with Crippen LogP contribution in [0.25, 0.3) is 0 Å². The molecular weight excluding hydrogens is 208 g/mol. The molecule has 2 rings (SSSR count). The Hall–Kier alpha value is -1.02. The van der Waals surface area contributed by atoms with Crippen molar-refractivity contribution in [3.8, 4) is 0 Å². The molecule has 17 heavy (non-hydrogen) atoms. The summed E-state index contributed by atoms with van der Waals surface area (Å²) in [5, 5.41) is 0. The van der Waals surface area contributed by atoms with Gasteiger partial charge in [-0.3, -0.25) is 0 Å². The van der Waals surface area contributed by atoms with Gasteiger partial charge in [0.05, 0.1) is 0 Å². The second-order valence-corrected chi connectivity index (χ2v) is 5.62. The lowest BCUT2D eigenvalue weighted by atomic mass is 10.0. The van der Waals surface area contributed by atoms with E-state index >= 15 is 0 Å². The second kappa shape index (κ2) is 5.09. The Labute approximate surface area is 105 Å². The molecule has 0 radical (unpaired) electrons. The third-order valence-electron chi connectivity index (χ3n) is 3.29. The number of para-hydroxylation sites is 1. The minimum Gasteiger partial charge on any atom is -0.368 e. The number of hydrogen-bond donors (Lipinski definition) is 1. The molecule has 1 saturated carbocycles. The highest BCUT2D eigenvalue weighted by molar-refractivity contribution is 5.56. The maximum absolute atomic E-state index is 6.08. The zero-order valence-corrected chi connectivity index (χ0v) is 11.2. The maximum Gasteiger partial charge on any atom is 0.0417 e. The van der Waals surface area contributed by atoms with Crippen molar-refractivity contribution in [2.24, 2.45) is 11.7 Å². The summed E-state index contributed by atoms with van der Waals surface area (Å²) in [5.74, 6) is 0.691. The lowest BCUT2D eigenvalue weighted by molar-refractivity contribution is 0.604. The van der Waals surface area contributed by atoms with Crippen molar-refractivity contribution >= 4 is 5.69 Å². The fourth-order valence-corrected chi connectivity index (χ4v) is 2.36. The third kappa shape index (κ3) is 3.01. The van der Waals surface area contributed by atoms with E-state index in [1.807, 2.05) is 0 Å². The Bertz CT molecular complexity index is 367. The van der Waals surface area contributed by atoms with Gasteiger partial charge in [-0.15, -0.1) is 0 Å². The second-order valence-electron chi connectivity index (χ2n) is 5.62. The van der Waals surface area contributed by atoms with Gasteiger partial charge >= 0.3 is 0 Å². The van der Waals surface area contributed by atoms with Crippen LogP contribution in [0.4, 0.5) is 5.69 Å². The van der Waals surface area contributed by atoms with Gasteiger partial charge in [0.1, 0.15) is 0 Å². The van der Waals surface area contributed by atoms with E-state index in [9.17, 15) is 0 Å². The Morgan fingerprint density at radius 1 is 1.24 bits per heavy atom. The normalized spacial score (nSPS) is 17.2. The van der Waals surface area contributed by atoms with Crippen LogP contribution < -0.4 is 10.6 Å². The first-order chi connectivity index (χ1) is 8.09. The van der Waals surface area contributed by atoms with Crippen LogP contribution in [0.2, 0.25) is 0 Å². The van der Waals surface area contributed by atoms with E-state index in [4.69, 9.17) is 5.73 Å². The molecule has 2 N–H and O–H groups in total. The summed E-state index contributed by atoms with van der Waals surface area (Å²) in [6, 6.07) is 9.45. The summed E-state index contributed by atoms with van der Waals surface area (Å²) in [5.41, 5.74) is 8.70. The molecule has 1 aliphatic rings. The minimum absolute atomic E-state index is 0.111. The zero-order valence-electron chi connectivity index (χ0n) is 11.2. The summed E-state index contributed by atoms with van der Waals surface area (Å²) in [7, 11) is 0. The SMILES string of the molecule is CC(C)CN(c1ccccc1[C@H](C)N)C1CC1. The smallest absolute Gasteiger partial charge is 0.0417 e. The van der Waals surface area contributed by atoms with E-state index in [2.05, 4.69) is 49.9 Å². The number of benzene rings is 1. The molecule has 2 nitrogen and oxygen atoms in total. The molecule has 1 atom stereocenters. The molecule has 2 heteroatoms. The summed E-state index contributed by atoms with van der Waals surface area (Å²) in [6.07, 6.45) is 2.67. The maximum atomic E-state index is 6.08. The molecule has 0 saturated heterocycles. The van der Waals surface area contributed by atoms with Crippen molar-refractivity contribution in [2.45, 2.75) is 45.7 Å². The Morgan fingerprint density at radius 2 is 1.88 bits per heavy atom. The van der Waals surface area contributed by atoms with Crippen molar-refractivity contribution in [1.82, 2.24) is 0 Å². The van der Waals surface area contributed by atoms with Crippen LogP contribution in [-0.2, 0) is 0 Å². The molecule has 1 aromatic rings. The Kier molecular flexibility index (Phi) is 3.72. The summed E-state index contributed by atoms with van der Waals surface area (Å²) < 4.78 is 0. The van der Waals surface area contributed by atoms with Crippen LogP contribution >= 0.6 is 0 Å². The lowest BCUT2D eigenvalue weighted by Gasteiger charge is -2.29. The fraction of sp³-hybridized carbons (Fsp3) is 0.600. The molecule has 1 aliphatic carbocycles. The first-order valence-electron chi connectivity index (χ1n) is 6.70. The number of nitrogens with zero attached hydrogens (tertiary/aromatic N) is 1. The quantitative estimate of drug-likeness (QED) is 0.843. The average Bonchev–Trinajstić information content (AvgIpc) is 3.09. The molecule has 0 bridgehead atoms. The first-order valence-corrected chi connectivity index (χ1v) is 6.70. The van der Waals surface area contributed by atoms with E-state index in [0.29, 0.717) is 5.92 Å². The minimum atomic E-state index is 0.111. The van der Waals surface area contributed by atoms with Gasteiger partial charge in [-0.2, -0.15) is 0 Å². The van der Waals surface area contributed by atoms with Crippen molar-refractivity contribution in [3.05, 3.63) is 29.8 Å². The highest BCUT2D eigenvalue weighted by atomic mass is 15.2. The highest BCUT2D eigenvalue weighted by Crippen LogP contribution is 2.35. The van der Waals surface area contributed by atoms with Crippen LogP contribution in [0, 0.1) is 5.92 Å². The van der Waals surface area contributed by atoms with Gasteiger partial charge in [-0.25, -0.2) is 0 Å². The van der Waals surface area contributed by atoms with Gasteiger partial charge < -0.3 is 10.6 Å². The fourth-order valence-electron chi connectivity index (χ4n) is 2.36. The monoisotopic (exact) mass is 232 g/mol. The zero-order chi connectivity index (χ0) is 12.4. The van der Waals surface area contributed by atoms with Gasteiger partial charge in [0.25, 0.3) is 0 Å². The van der Waals surface area contributed by atoms with E-state index in [1.54, 1.807) is 0 Å². The lowest BCUT2D eigenvalue weighted by Crippen LogP contribution is -2.31. The number of nitrogens with two attached hydrogens (primary N) is 1. The number of anilines is 1. The van der Waals surface area contributed by atoms with Crippen molar-refractivity contribution < 1.29 is 0 Å². The van der Waals surface area contributed by atoms with Crippen LogP contribution in [0.15, 0.2) is 24.3 Å². The molecular formula is C15H24N2. The predicted octanol–water partition coefficient (Wildman–Crippen LogP) is 3.33.